The molecular weight excluding hydrogens is 184 g/mol. The van der Waals surface area contributed by atoms with Crippen LogP contribution in [0.4, 0.5) is 0 Å². The number of benzene rings is 1. The second-order valence-electron chi connectivity index (χ2n) is 2.64. The van der Waals surface area contributed by atoms with E-state index in [1.54, 1.807) is 14.2 Å². The Bertz CT molecular complexity index is 274. The molecule has 0 heterocycles. The Balaban J connectivity index is 2.91. The molecule has 0 spiro atoms. The fourth-order valence-corrected chi connectivity index (χ4v) is 1.39. The van der Waals surface area contributed by atoms with Crippen LogP contribution in [0.1, 0.15) is 5.56 Å². The summed E-state index contributed by atoms with van der Waals surface area (Å²) in [5.41, 5.74) is 1.19. The summed E-state index contributed by atoms with van der Waals surface area (Å²) in [6, 6.07) is 5.87. The fourth-order valence-electron chi connectivity index (χ4n) is 1.15. The minimum Gasteiger partial charge on any atom is -0.493 e. The topological polar surface area (TPSA) is 18.5 Å². The quantitative estimate of drug-likeness (QED) is 0.738. The summed E-state index contributed by atoms with van der Waals surface area (Å²) in [6.07, 6.45) is 0.898. The molecule has 0 bridgehead atoms. The average molecular weight is 197 g/mol. The molecule has 0 fully saturated rings. The van der Waals surface area contributed by atoms with Crippen LogP contribution in [0.15, 0.2) is 18.2 Å². The molecule has 0 N–H and O–H groups in total. The molecule has 0 aliphatic rings. The van der Waals surface area contributed by atoms with Gasteiger partial charge >= 0.3 is 0 Å². The first kappa shape index (κ1) is 10.3. The number of rotatable bonds is 4. The number of ether oxygens (including phenoxy) is 2. The zero-order valence-corrected chi connectivity index (χ0v) is 8.69. The van der Waals surface area contributed by atoms with E-state index in [0.29, 0.717) is 0 Å². The van der Waals surface area contributed by atoms with Crippen molar-refractivity contribution < 1.29 is 9.47 Å². The van der Waals surface area contributed by atoms with E-state index in [2.05, 4.69) is 0 Å². The first-order chi connectivity index (χ1) is 6.31. The van der Waals surface area contributed by atoms with Crippen molar-refractivity contribution in [3.05, 3.63) is 23.8 Å². The minimum absolute atomic E-state index is 0.732. The van der Waals surface area contributed by atoms with Gasteiger partial charge in [-0.15, -0.1) is 0 Å². The van der Waals surface area contributed by atoms with Gasteiger partial charge in [0, 0.05) is 5.75 Å². The Morgan fingerprint density at radius 3 is 2.38 bits per heavy atom. The van der Waals surface area contributed by atoms with Crippen LogP contribution in [0.2, 0.25) is 0 Å². The summed E-state index contributed by atoms with van der Waals surface area (Å²) in [6.45, 7) is 0. The first-order valence-corrected chi connectivity index (χ1v) is 4.68. The van der Waals surface area contributed by atoms with Gasteiger partial charge in [-0.25, -0.2) is 0 Å². The van der Waals surface area contributed by atoms with E-state index < -0.39 is 0 Å². The first-order valence-electron chi connectivity index (χ1n) is 4.11. The van der Waals surface area contributed by atoms with Crippen LogP contribution in [-0.4, -0.2) is 20.0 Å². The van der Waals surface area contributed by atoms with E-state index in [-0.39, 0.29) is 0 Å². The third-order valence-electron chi connectivity index (χ3n) is 1.84. The molecule has 3 heteroatoms. The van der Waals surface area contributed by atoms with E-state index in [0.717, 1.165) is 23.7 Å². The largest absolute Gasteiger partial charge is 0.493 e. The normalized spacial score (nSPS) is 9.77. The number of methoxy groups -OCH3 is 2. The van der Waals surface area contributed by atoms with E-state index in [1.165, 1.54) is 5.56 Å². The van der Waals surface area contributed by atoms with Gasteiger partial charge in [0.25, 0.3) is 0 Å². The molecule has 0 aliphatic heterocycles. The Kier molecular flexibility index (Phi) is 3.96. The monoisotopic (exact) mass is 197 g/mol. The van der Waals surface area contributed by atoms with Crippen LogP contribution in [0.3, 0.4) is 0 Å². The van der Waals surface area contributed by atoms with Gasteiger partial charge in [0.05, 0.1) is 14.2 Å². The lowest BCUT2D eigenvalue weighted by molar-refractivity contribution is 0.354. The summed E-state index contributed by atoms with van der Waals surface area (Å²) >= 11 is 4.90. The van der Waals surface area contributed by atoms with Gasteiger partial charge in [-0.3, -0.25) is 0 Å². The highest BCUT2D eigenvalue weighted by Crippen LogP contribution is 2.27. The second-order valence-corrected chi connectivity index (χ2v) is 3.05. The van der Waals surface area contributed by atoms with Crippen molar-refractivity contribution in [3.63, 3.8) is 0 Å². The van der Waals surface area contributed by atoms with Gasteiger partial charge < -0.3 is 9.47 Å². The van der Waals surface area contributed by atoms with Gasteiger partial charge in [0.1, 0.15) is 0 Å². The molecule has 13 heavy (non-hydrogen) atoms. The maximum Gasteiger partial charge on any atom is 0.160 e. The molecule has 2 nitrogen and oxygen atoms in total. The average Bonchev–Trinajstić information content (AvgIpc) is 2.18. The second kappa shape index (κ2) is 5.02. The van der Waals surface area contributed by atoms with Crippen molar-refractivity contribution in [1.82, 2.24) is 0 Å². The van der Waals surface area contributed by atoms with Crippen LogP contribution in [-0.2, 0) is 6.42 Å². The highest BCUT2D eigenvalue weighted by atomic mass is 32.1. The molecule has 0 unspecified atom stereocenters. The molecule has 1 radical (unpaired) electrons. The van der Waals surface area contributed by atoms with E-state index in [4.69, 9.17) is 22.1 Å². The maximum atomic E-state index is 5.16. The molecule has 1 aromatic rings. The van der Waals surface area contributed by atoms with Crippen molar-refractivity contribution in [2.75, 3.05) is 20.0 Å². The van der Waals surface area contributed by atoms with E-state index in [9.17, 15) is 0 Å². The van der Waals surface area contributed by atoms with Crippen LogP contribution in [0, 0.1) is 0 Å². The summed E-state index contributed by atoms with van der Waals surface area (Å²) in [5.74, 6) is 2.26. The minimum atomic E-state index is 0.732. The third kappa shape index (κ3) is 2.56. The van der Waals surface area contributed by atoms with Crippen LogP contribution < -0.4 is 9.47 Å². The zero-order valence-electron chi connectivity index (χ0n) is 7.87. The van der Waals surface area contributed by atoms with Gasteiger partial charge in [0.2, 0.25) is 0 Å². The summed E-state index contributed by atoms with van der Waals surface area (Å²) in [4.78, 5) is 0. The molecule has 1 aromatic carbocycles. The van der Waals surface area contributed by atoms with Crippen molar-refractivity contribution in [2.45, 2.75) is 6.42 Å². The standard InChI is InChI=1S/C10H13O2S/c1-11-9-4-3-8(5-6-13)7-10(9)12-2/h3-4,7H,5-6H2,1-2H3. The Morgan fingerprint density at radius 1 is 1.15 bits per heavy atom. The highest BCUT2D eigenvalue weighted by molar-refractivity contribution is 7.80. The van der Waals surface area contributed by atoms with Gasteiger partial charge in [-0.2, -0.15) is 0 Å². The summed E-state index contributed by atoms with van der Waals surface area (Å²) in [5, 5.41) is 0. The number of hydrogen-bond donors (Lipinski definition) is 0. The smallest absolute Gasteiger partial charge is 0.160 e. The lowest BCUT2D eigenvalue weighted by Gasteiger charge is -2.08. The molecule has 0 saturated carbocycles. The zero-order chi connectivity index (χ0) is 9.68. The van der Waals surface area contributed by atoms with Crippen LogP contribution in [0.5, 0.6) is 11.5 Å². The van der Waals surface area contributed by atoms with Gasteiger partial charge in [-0.05, 0) is 24.1 Å². The highest BCUT2D eigenvalue weighted by Gasteiger charge is 2.03. The van der Waals surface area contributed by atoms with Crippen molar-refractivity contribution in [3.8, 4) is 11.5 Å². The maximum absolute atomic E-state index is 5.16. The lowest BCUT2D eigenvalue weighted by Crippen LogP contribution is -1.93. The molecule has 1 rings (SSSR count). The predicted molar refractivity (Wildman–Crippen MR) is 55.7 cm³/mol. The molecule has 0 saturated heterocycles. The van der Waals surface area contributed by atoms with Crippen molar-refractivity contribution in [1.29, 1.82) is 0 Å². The number of hydrogen-bond acceptors (Lipinski definition) is 2. The van der Waals surface area contributed by atoms with Crippen LogP contribution >= 0.6 is 12.6 Å². The molecule has 0 amide bonds. The fraction of sp³-hybridized carbons (Fsp3) is 0.400. The van der Waals surface area contributed by atoms with Crippen molar-refractivity contribution >= 4 is 12.6 Å². The predicted octanol–water partition coefficient (Wildman–Crippen LogP) is 2.44. The molecule has 71 valence electrons. The molecule has 0 aromatic heterocycles. The Hall–Kier alpha value is -0.830. The Labute approximate surface area is 84.3 Å². The molecular formula is C10H13O2S. The third-order valence-corrected chi connectivity index (χ3v) is 2.04. The molecule has 0 aliphatic carbocycles. The molecule has 0 atom stereocenters. The Morgan fingerprint density at radius 2 is 1.85 bits per heavy atom. The SMILES string of the molecule is COc1ccc(CC[S])cc1OC. The van der Waals surface area contributed by atoms with E-state index >= 15 is 0 Å². The van der Waals surface area contributed by atoms with Gasteiger partial charge in [-0.1, -0.05) is 18.7 Å². The number of aryl methyl sites for hydroxylation is 1. The lowest BCUT2D eigenvalue weighted by atomic mass is 10.1. The van der Waals surface area contributed by atoms with Crippen molar-refractivity contribution in [2.24, 2.45) is 0 Å². The summed E-state index contributed by atoms with van der Waals surface area (Å²) in [7, 11) is 3.26. The van der Waals surface area contributed by atoms with E-state index in [1.807, 2.05) is 18.2 Å². The van der Waals surface area contributed by atoms with Crippen LogP contribution in [0.25, 0.3) is 0 Å². The van der Waals surface area contributed by atoms with Gasteiger partial charge in [0.15, 0.2) is 11.5 Å². The summed E-state index contributed by atoms with van der Waals surface area (Å²) < 4.78 is 10.3.